The van der Waals surface area contributed by atoms with Crippen LogP contribution in [0.25, 0.3) is 0 Å². The van der Waals surface area contributed by atoms with Crippen molar-refractivity contribution in [1.29, 1.82) is 0 Å². The van der Waals surface area contributed by atoms with Crippen LogP contribution in [0.1, 0.15) is 30.9 Å². The van der Waals surface area contributed by atoms with Crippen molar-refractivity contribution in [2.75, 3.05) is 20.2 Å². The lowest BCUT2D eigenvalue weighted by Gasteiger charge is -2.26. The van der Waals surface area contributed by atoms with Crippen LogP contribution < -0.4 is 5.73 Å². The molecule has 2 atom stereocenters. The van der Waals surface area contributed by atoms with E-state index in [9.17, 15) is 4.79 Å². The molecule has 0 saturated carbocycles. The Labute approximate surface area is 112 Å². The Morgan fingerprint density at radius 2 is 2.56 bits per heavy atom. The lowest BCUT2D eigenvalue weighted by Crippen LogP contribution is -2.35. The summed E-state index contributed by atoms with van der Waals surface area (Å²) in [6.07, 6.45) is 2.35. The molecule has 4 nitrogen and oxygen atoms in total. The van der Waals surface area contributed by atoms with Gasteiger partial charge in [-0.15, -0.1) is 0 Å². The minimum absolute atomic E-state index is 0.154. The summed E-state index contributed by atoms with van der Waals surface area (Å²) in [5.74, 6) is 0.154. The van der Waals surface area contributed by atoms with E-state index in [0.717, 1.165) is 19.4 Å². The number of carbonyl (C=O) groups excluding carboxylic acids is 1. The second-order valence-electron chi connectivity index (χ2n) is 4.60. The van der Waals surface area contributed by atoms with E-state index in [1.807, 2.05) is 4.90 Å². The number of hydrogen-bond donors (Lipinski definition) is 1. The van der Waals surface area contributed by atoms with Crippen LogP contribution in [0.15, 0.2) is 16.8 Å². The number of nitrogens with zero attached hydrogens (tertiary/aromatic N) is 1. The third kappa shape index (κ3) is 2.91. The monoisotopic (exact) mass is 268 g/mol. The molecule has 1 aromatic heterocycles. The predicted octanol–water partition coefficient (Wildman–Crippen LogP) is 1.78. The highest BCUT2D eigenvalue weighted by Gasteiger charge is 2.30. The van der Waals surface area contributed by atoms with Crippen molar-refractivity contribution < 1.29 is 9.53 Å². The quantitative estimate of drug-likeness (QED) is 0.885. The average molecular weight is 268 g/mol. The van der Waals surface area contributed by atoms with Crippen molar-refractivity contribution in [1.82, 2.24) is 4.90 Å². The number of nitrogens with two attached hydrogens (primary N) is 1. The molecule has 2 unspecified atom stereocenters. The average Bonchev–Trinajstić information content (AvgIpc) is 3.04. The van der Waals surface area contributed by atoms with Crippen LogP contribution >= 0.6 is 11.3 Å². The molecular weight excluding hydrogens is 248 g/mol. The molecule has 1 amide bonds. The van der Waals surface area contributed by atoms with Crippen molar-refractivity contribution in [2.24, 2.45) is 5.73 Å². The largest absolute Gasteiger partial charge is 0.380 e. The summed E-state index contributed by atoms with van der Waals surface area (Å²) < 4.78 is 5.19. The minimum Gasteiger partial charge on any atom is -0.380 e. The van der Waals surface area contributed by atoms with Gasteiger partial charge in [-0.3, -0.25) is 4.79 Å². The highest BCUT2D eigenvalue weighted by atomic mass is 32.1. The summed E-state index contributed by atoms with van der Waals surface area (Å²) in [7, 11) is 1.60. The molecule has 0 radical (unpaired) electrons. The lowest BCUT2D eigenvalue weighted by atomic mass is 10.1. The summed E-state index contributed by atoms with van der Waals surface area (Å²) in [6, 6.07) is 2.36. The molecule has 0 spiro atoms. The Hall–Kier alpha value is -0.910. The molecule has 0 aliphatic carbocycles. The third-order valence-electron chi connectivity index (χ3n) is 3.50. The standard InChI is InChI=1S/C13H20N2O2S/c1-17-11(8-14)7-13(16)15-5-2-3-12(15)10-4-6-18-9-10/h4,6,9,11-12H,2-3,5,7-8,14H2,1H3. The fraction of sp³-hybridized carbons (Fsp3) is 0.615. The van der Waals surface area contributed by atoms with Gasteiger partial charge in [-0.2, -0.15) is 11.3 Å². The molecule has 1 aliphatic rings. The predicted molar refractivity (Wildman–Crippen MR) is 72.5 cm³/mol. The molecule has 0 aromatic carbocycles. The topological polar surface area (TPSA) is 55.6 Å². The van der Waals surface area contributed by atoms with E-state index >= 15 is 0 Å². The van der Waals surface area contributed by atoms with Crippen LogP contribution in [0, 0.1) is 0 Å². The Morgan fingerprint density at radius 3 is 3.17 bits per heavy atom. The zero-order valence-electron chi connectivity index (χ0n) is 10.7. The van der Waals surface area contributed by atoms with Gasteiger partial charge in [0, 0.05) is 20.2 Å². The van der Waals surface area contributed by atoms with Crippen LogP contribution in [0.2, 0.25) is 0 Å². The molecule has 2 heterocycles. The van der Waals surface area contributed by atoms with E-state index < -0.39 is 0 Å². The van der Waals surface area contributed by atoms with Gasteiger partial charge >= 0.3 is 0 Å². The number of amides is 1. The Kier molecular flexibility index (Phi) is 4.74. The molecule has 2 rings (SSSR count). The Bertz CT molecular complexity index is 376. The highest BCUT2D eigenvalue weighted by molar-refractivity contribution is 7.07. The number of methoxy groups -OCH3 is 1. The maximum atomic E-state index is 12.3. The van der Waals surface area contributed by atoms with Gasteiger partial charge in [-0.1, -0.05) is 0 Å². The zero-order valence-corrected chi connectivity index (χ0v) is 11.5. The molecule has 5 heteroatoms. The first-order valence-corrected chi connectivity index (χ1v) is 7.25. The number of rotatable bonds is 5. The Morgan fingerprint density at radius 1 is 1.72 bits per heavy atom. The van der Waals surface area contributed by atoms with Gasteiger partial charge in [-0.25, -0.2) is 0 Å². The maximum Gasteiger partial charge on any atom is 0.225 e. The molecule has 1 aliphatic heterocycles. The van der Waals surface area contributed by atoms with Crippen molar-refractivity contribution in [2.45, 2.75) is 31.4 Å². The van der Waals surface area contributed by atoms with E-state index in [0.29, 0.717) is 13.0 Å². The second kappa shape index (κ2) is 6.31. The normalized spacial score (nSPS) is 21.2. The fourth-order valence-electron chi connectivity index (χ4n) is 2.45. The van der Waals surface area contributed by atoms with Gasteiger partial charge < -0.3 is 15.4 Å². The summed E-state index contributed by atoms with van der Waals surface area (Å²) in [5.41, 5.74) is 6.82. The molecule has 18 heavy (non-hydrogen) atoms. The van der Waals surface area contributed by atoms with Gasteiger partial charge in [0.1, 0.15) is 0 Å². The SMILES string of the molecule is COC(CN)CC(=O)N1CCCC1c1ccsc1. The van der Waals surface area contributed by atoms with Crippen molar-refractivity contribution in [3.63, 3.8) is 0 Å². The number of likely N-dealkylation sites (tertiary alicyclic amines) is 1. The summed E-state index contributed by atoms with van der Waals surface area (Å²) in [6.45, 7) is 1.24. The first-order chi connectivity index (χ1) is 8.76. The van der Waals surface area contributed by atoms with Crippen molar-refractivity contribution in [3.05, 3.63) is 22.4 Å². The van der Waals surface area contributed by atoms with Gasteiger partial charge in [0.15, 0.2) is 0 Å². The second-order valence-corrected chi connectivity index (χ2v) is 5.38. The first-order valence-electron chi connectivity index (χ1n) is 6.30. The van der Waals surface area contributed by atoms with Crippen LogP contribution in [-0.2, 0) is 9.53 Å². The van der Waals surface area contributed by atoms with Crippen molar-refractivity contribution in [3.8, 4) is 0 Å². The zero-order chi connectivity index (χ0) is 13.0. The van der Waals surface area contributed by atoms with Gasteiger partial charge in [-0.05, 0) is 35.2 Å². The Balaban J connectivity index is 2.01. The highest BCUT2D eigenvalue weighted by Crippen LogP contribution is 2.33. The fourth-order valence-corrected chi connectivity index (χ4v) is 3.16. The molecular formula is C13H20N2O2S. The summed E-state index contributed by atoms with van der Waals surface area (Å²) in [5, 5.41) is 4.20. The van der Waals surface area contributed by atoms with E-state index in [1.165, 1.54) is 5.56 Å². The number of hydrogen-bond acceptors (Lipinski definition) is 4. The lowest BCUT2D eigenvalue weighted by molar-refractivity contribution is -0.134. The van der Waals surface area contributed by atoms with E-state index in [4.69, 9.17) is 10.5 Å². The van der Waals surface area contributed by atoms with E-state index in [1.54, 1.807) is 18.4 Å². The van der Waals surface area contributed by atoms with Crippen LogP contribution in [-0.4, -0.2) is 37.1 Å². The summed E-state index contributed by atoms with van der Waals surface area (Å²) >= 11 is 1.68. The van der Waals surface area contributed by atoms with Gasteiger partial charge in [0.05, 0.1) is 18.6 Å². The van der Waals surface area contributed by atoms with Crippen LogP contribution in [0.4, 0.5) is 0 Å². The van der Waals surface area contributed by atoms with E-state index in [2.05, 4.69) is 16.8 Å². The third-order valence-corrected chi connectivity index (χ3v) is 4.20. The van der Waals surface area contributed by atoms with E-state index in [-0.39, 0.29) is 18.1 Å². The van der Waals surface area contributed by atoms with Gasteiger partial charge in [0.25, 0.3) is 0 Å². The number of ether oxygens (including phenoxy) is 1. The molecule has 100 valence electrons. The molecule has 0 bridgehead atoms. The number of carbonyl (C=O) groups is 1. The molecule has 1 fully saturated rings. The molecule has 1 saturated heterocycles. The summed E-state index contributed by atoms with van der Waals surface area (Å²) in [4.78, 5) is 14.2. The minimum atomic E-state index is -0.166. The van der Waals surface area contributed by atoms with Crippen LogP contribution in [0.3, 0.4) is 0 Å². The molecule has 1 aromatic rings. The van der Waals surface area contributed by atoms with Crippen LogP contribution in [0.5, 0.6) is 0 Å². The van der Waals surface area contributed by atoms with Crippen molar-refractivity contribution >= 4 is 17.2 Å². The first kappa shape index (κ1) is 13.5. The number of thiophene rings is 1. The molecule has 2 N–H and O–H groups in total. The van der Waals surface area contributed by atoms with Gasteiger partial charge in [0.2, 0.25) is 5.91 Å². The maximum absolute atomic E-state index is 12.3. The smallest absolute Gasteiger partial charge is 0.225 e.